The number of rotatable bonds is 3. The fraction of sp³-hybridized carbons (Fsp3) is 0.167. The van der Waals surface area contributed by atoms with Crippen LogP contribution in [0.25, 0.3) is 0 Å². The first-order chi connectivity index (χ1) is 9.38. The van der Waals surface area contributed by atoms with E-state index in [0.29, 0.717) is 19.3 Å². The van der Waals surface area contributed by atoms with Crippen LogP contribution in [0.1, 0.15) is 9.67 Å². The third-order valence-corrected chi connectivity index (χ3v) is 4.54. The number of nitrogens with one attached hydrogen (secondary N) is 1. The molecule has 106 valence electrons. The van der Waals surface area contributed by atoms with Gasteiger partial charge in [-0.3, -0.25) is 4.79 Å². The topological polar surface area (TPSA) is 71.2 Å². The predicted molar refractivity (Wildman–Crippen MR) is 87.9 cm³/mol. The van der Waals surface area contributed by atoms with Crippen LogP contribution in [0.3, 0.4) is 0 Å². The van der Waals surface area contributed by atoms with Gasteiger partial charge in [-0.05, 0) is 40.8 Å². The monoisotopic (exact) mass is 406 g/mol. The number of nitrogens with zero attached hydrogens (tertiary/aromatic N) is 2. The van der Waals surface area contributed by atoms with Crippen LogP contribution in [-0.4, -0.2) is 25.0 Å². The molecule has 8 heteroatoms. The first-order valence-corrected chi connectivity index (χ1v) is 7.48. The third-order valence-electron chi connectivity index (χ3n) is 2.41. The van der Waals surface area contributed by atoms with Gasteiger partial charge in [0.1, 0.15) is 16.5 Å². The third kappa shape index (κ3) is 3.18. The molecule has 2 rings (SSSR count). The van der Waals surface area contributed by atoms with Crippen molar-refractivity contribution in [1.82, 2.24) is 4.98 Å². The highest BCUT2D eigenvalue weighted by molar-refractivity contribution is 14.1. The molecule has 1 heterocycles. The molecule has 0 bridgehead atoms. The van der Waals surface area contributed by atoms with Crippen molar-refractivity contribution in [2.75, 3.05) is 30.0 Å². The van der Waals surface area contributed by atoms with Gasteiger partial charge in [0.2, 0.25) is 0 Å². The van der Waals surface area contributed by atoms with Gasteiger partial charge < -0.3 is 16.0 Å². The number of benzene rings is 1. The second-order valence-corrected chi connectivity index (χ2v) is 6.32. The highest BCUT2D eigenvalue weighted by Gasteiger charge is 2.18. The van der Waals surface area contributed by atoms with Gasteiger partial charge in [-0.2, -0.15) is 0 Å². The van der Waals surface area contributed by atoms with Crippen molar-refractivity contribution in [1.29, 1.82) is 0 Å². The number of thiazole rings is 1. The largest absolute Gasteiger partial charge is 0.382 e. The van der Waals surface area contributed by atoms with E-state index in [9.17, 15) is 9.18 Å². The van der Waals surface area contributed by atoms with Gasteiger partial charge in [0.15, 0.2) is 5.13 Å². The van der Waals surface area contributed by atoms with Gasteiger partial charge >= 0.3 is 0 Å². The average Bonchev–Trinajstić information content (AvgIpc) is 2.75. The highest BCUT2D eigenvalue weighted by Crippen LogP contribution is 2.28. The van der Waals surface area contributed by atoms with Crippen molar-refractivity contribution in [3.05, 3.63) is 32.5 Å². The maximum Gasteiger partial charge on any atom is 0.269 e. The van der Waals surface area contributed by atoms with Crippen LogP contribution in [0.5, 0.6) is 0 Å². The Labute approximate surface area is 133 Å². The van der Waals surface area contributed by atoms with Crippen LogP contribution in [0.2, 0.25) is 0 Å². The van der Waals surface area contributed by atoms with Crippen molar-refractivity contribution in [3.63, 3.8) is 0 Å². The zero-order chi connectivity index (χ0) is 14.9. The van der Waals surface area contributed by atoms with Crippen molar-refractivity contribution in [3.8, 4) is 0 Å². The van der Waals surface area contributed by atoms with Crippen molar-refractivity contribution in [2.45, 2.75) is 0 Å². The summed E-state index contributed by atoms with van der Waals surface area (Å²) in [5.74, 6) is -0.509. The zero-order valence-electron chi connectivity index (χ0n) is 10.8. The second kappa shape index (κ2) is 5.92. The fourth-order valence-corrected chi connectivity index (χ4v) is 2.86. The molecule has 1 aromatic carbocycles. The molecular formula is C12H12FIN4OS. The van der Waals surface area contributed by atoms with Crippen LogP contribution in [0.4, 0.5) is 21.0 Å². The summed E-state index contributed by atoms with van der Waals surface area (Å²) in [6, 6.07) is 4.15. The molecule has 0 fully saturated rings. The molecule has 1 aromatic heterocycles. The Morgan fingerprint density at radius 3 is 2.75 bits per heavy atom. The SMILES string of the molecule is CN(C)c1nc(N)c(C(=O)Nc2ccc(F)cc2I)s1. The summed E-state index contributed by atoms with van der Waals surface area (Å²) in [5.41, 5.74) is 6.28. The molecule has 0 saturated carbocycles. The number of aromatic nitrogens is 1. The summed E-state index contributed by atoms with van der Waals surface area (Å²) >= 11 is 3.16. The summed E-state index contributed by atoms with van der Waals surface area (Å²) in [5, 5.41) is 3.36. The number of carbonyl (C=O) groups is 1. The minimum absolute atomic E-state index is 0.188. The predicted octanol–water partition coefficient (Wildman–Crippen LogP) is 2.79. The van der Waals surface area contributed by atoms with Crippen molar-refractivity contribution in [2.24, 2.45) is 0 Å². The summed E-state index contributed by atoms with van der Waals surface area (Å²) in [4.78, 5) is 18.4. The van der Waals surface area contributed by atoms with Crippen molar-refractivity contribution >= 4 is 56.5 Å². The smallest absolute Gasteiger partial charge is 0.269 e. The molecule has 3 N–H and O–H groups in total. The van der Waals surface area contributed by atoms with Gasteiger partial charge in [-0.25, -0.2) is 9.37 Å². The van der Waals surface area contributed by atoms with E-state index in [-0.39, 0.29) is 17.5 Å². The number of nitrogens with two attached hydrogens (primary N) is 1. The molecule has 0 saturated heterocycles. The first-order valence-electron chi connectivity index (χ1n) is 5.58. The van der Waals surface area contributed by atoms with Crippen LogP contribution >= 0.6 is 33.9 Å². The fourth-order valence-electron chi connectivity index (χ4n) is 1.44. The van der Waals surface area contributed by atoms with Crippen molar-refractivity contribution < 1.29 is 9.18 Å². The number of hydrogen-bond acceptors (Lipinski definition) is 5. The Balaban J connectivity index is 2.24. The van der Waals surface area contributed by atoms with Crippen LogP contribution in [0.15, 0.2) is 18.2 Å². The lowest BCUT2D eigenvalue weighted by Crippen LogP contribution is -2.13. The lowest BCUT2D eigenvalue weighted by atomic mass is 10.3. The normalized spacial score (nSPS) is 10.4. The Kier molecular flexibility index (Phi) is 4.43. The maximum atomic E-state index is 13.0. The molecule has 1 amide bonds. The summed E-state index contributed by atoms with van der Waals surface area (Å²) < 4.78 is 13.6. The van der Waals surface area contributed by atoms with Gasteiger partial charge in [0, 0.05) is 17.7 Å². The Bertz CT molecular complexity index is 659. The van der Waals surface area contributed by atoms with Gasteiger partial charge in [0.05, 0.1) is 5.69 Å². The molecule has 0 atom stereocenters. The number of anilines is 3. The summed E-state index contributed by atoms with van der Waals surface area (Å²) in [6.45, 7) is 0. The first kappa shape index (κ1) is 15.0. The number of hydrogen-bond donors (Lipinski definition) is 2. The van der Waals surface area contributed by atoms with Gasteiger partial charge in [-0.15, -0.1) is 0 Å². The van der Waals surface area contributed by atoms with E-state index in [1.54, 1.807) is 4.90 Å². The Morgan fingerprint density at radius 1 is 1.50 bits per heavy atom. The van der Waals surface area contributed by atoms with E-state index >= 15 is 0 Å². The minimum Gasteiger partial charge on any atom is -0.382 e. The quantitative estimate of drug-likeness (QED) is 0.770. The van der Waals surface area contributed by atoms with E-state index in [1.165, 1.54) is 29.5 Å². The number of nitrogen functional groups attached to an aromatic ring is 1. The molecule has 0 aliphatic carbocycles. The lowest BCUT2D eigenvalue weighted by Gasteiger charge is -2.06. The van der Waals surface area contributed by atoms with Crippen LogP contribution < -0.4 is 16.0 Å². The van der Waals surface area contributed by atoms with E-state index in [4.69, 9.17) is 5.73 Å². The van der Waals surface area contributed by atoms with E-state index in [0.717, 1.165) is 0 Å². The molecule has 5 nitrogen and oxygen atoms in total. The second-order valence-electron chi connectivity index (χ2n) is 4.18. The molecular weight excluding hydrogens is 394 g/mol. The molecule has 20 heavy (non-hydrogen) atoms. The molecule has 2 aromatic rings. The molecule has 0 radical (unpaired) electrons. The molecule has 0 aliphatic rings. The number of carbonyl (C=O) groups excluding carboxylic acids is 1. The average molecular weight is 406 g/mol. The van der Waals surface area contributed by atoms with Gasteiger partial charge in [-0.1, -0.05) is 11.3 Å². The number of amides is 1. The van der Waals surface area contributed by atoms with Crippen LogP contribution in [0, 0.1) is 9.39 Å². The Morgan fingerprint density at radius 2 is 2.20 bits per heavy atom. The van der Waals surface area contributed by atoms with Gasteiger partial charge in [0.25, 0.3) is 5.91 Å². The molecule has 0 unspecified atom stereocenters. The molecule has 0 spiro atoms. The van der Waals surface area contributed by atoms with E-state index in [1.807, 2.05) is 36.7 Å². The standard InChI is InChI=1S/C12H12FIN4OS/c1-18(2)12-17-10(15)9(20-12)11(19)16-8-4-3-6(13)5-7(8)14/h3-5H,15H2,1-2H3,(H,16,19). The summed E-state index contributed by atoms with van der Waals surface area (Å²) in [7, 11) is 3.64. The Hall–Kier alpha value is -1.42. The zero-order valence-corrected chi connectivity index (χ0v) is 13.8. The van der Waals surface area contributed by atoms with E-state index in [2.05, 4.69) is 10.3 Å². The lowest BCUT2D eigenvalue weighted by molar-refractivity contribution is 0.103. The van der Waals surface area contributed by atoms with Crippen LogP contribution in [-0.2, 0) is 0 Å². The van der Waals surface area contributed by atoms with E-state index < -0.39 is 0 Å². The molecule has 0 aliphatic heterocycles. The number of halogens is 2. The highest BCUT2D eigenvalue weighted by atomic mass is 127. The minimum atomic E-state index is -0.349. The maximum absolute atomic E-state index is 13.0. The summed E-state index contributed by atoms with van der Waals surface area (Å²) in [6.07, 6.45) is 0.